The molecule has 4 unspecified atom stereocenters. The minimum atomic E-state index is 0.117. The summed E-state index contributed by atoms with van der Waals surface area (Å²) in [5.41, 5.74) is 6.00. The van der Waals surface area contributed by atoms with Crippen molar-refractivity contribution in [2.75, 3.05) is 46.0 Å². The van der Waals surface area contributed by atoms with E-state index in [4.69, 9.17) is 19.9 Å². The van der Waals surface area contributed by atoms with Crippen LogP contribution in [0.2, 0.25) is 0 Å². The maximum absolute atomic E-state index is 5.88. The number of ether oxygens (including phenoxy) is 3. The number of nitrogens with two attached hydrogens (primary N) is 1. The van der Waals surface area contributed by atoms with E-state index in [1.165, 1.54) is 0 Å². The molecule has 4 fully saturated rings. The lowest BCUT2D eigenvalue weighted by molar-refractivity contribution is -0.00797. The van der Waals surface area contributed by atoms with E-state index in [9.17, 15) is 0 Å². The zero-order valence-electron chi connectivity index (χ0n) is 12.6. The summed E-state index contributed by atoms with van der Waals surface area (Å²) < 4.78 is 16.6. The molecule has 4 saturated heterocycles. The Hall–Kier alpha value is -0.240. The summed E-state index contributed by atoms with van der Waals surface area (Å²) in [5.74, 6) is 0. The number of hydrogen-bond donors (Lipinski definition) is 2. The van der Waals surface area contributed by atoms with Crippen molar-refractivity contribution < 1.29 is 14.2 Å². The minimum absolute atomic E-state index is 0.117. The Morgan fingerprint density at radius 3 is 2.19 bits per heavy atom. The van der Waals surface area contributed by atoms with Gasteiger partial charge in [0.15, 0.2) is 0 Å². The van der Waals surface area contributed by atoms with Gasteiger partial charge in [0.2, 0.25) is 0 Å². The van der Waals surface area contributed by atoms with Gasteiger partial charge in [0, 0.05) is 37.8 Å². The molecule has 0 radical (unpaired) electrons. The number of hydrogen-bond acceptors (Lipinski definition) is 6. The maximum atomic E-state index is 5.88. The molecule has 0 amide bonds. The third-order valence-electron chi connectivity index (χ3n) is 5.32. The lowest BCUT2D eigenvalue weighted by Crippen LogP contribution is -2.69. The second-order valence-corrected chi connectivity index (χ2v) is 6.90. The molecule has 0 aromatic heterocycles. The second-order valence-electron chi connectivity index (χ2n) is 6.90. The summed E-state index contributed by atoms with van der Waals surface area (Å²) in [7, 11) is 0. The van der Waals surface area contributed by atoms with Crippen molar-refractivity contribution in [3.05, 3.63) is 0 Å². The van der Waals surface area contributed by atoms with Crippen LogP contribution in [0.15, 0.2) is 0 Å². The first-order valence-electron chi connectivity index (χ1n) is 8.33. The van der Waals surface area contributed by atoms with Crippen molar-refractivity contribution in [3.63, 3.8) is 0 Å². The molecule has 6 nitrogen and oxygen atoms in total. The van der Waals surface area contributed by atoms with Crippen molar-refractivity contribution in [2.24, 2.45) is 5.73 Å². The Balaban J connectivity index is 1.57. The molecule has 6 heteroatoms. The maximum Gasteiger partial charge on any atom is 0.0828 e. The fourth-order valence-corrected chi connectivity index (χ4v) is 4.05. The van der Waals surface area contributed by atoms with Gasteiger partial charge in [-0.05, 0) is 19.3 Å². The molecule has 21 heavy (non-hydrogen) atoms. The summed E-state index contributed by atoms with van der Waals surface area (Å²) in [4.78, 5) is 2.61. The molecule has 4 heterocycles. The van der Waals surface area contributed by atoms with Crippen LogP contribution in [0.5, 0.6) is 0 Å². The second kappa shape index (κ2) is 5.76. The van der Waals surface area contributed by atoms with Gasteiger partial charge in [-0.15, -0.1) is 0 Å². The predicted octanol–water partition coefficient (Wildman–Crippen LogP) is -0.676. The molecule has 0 aromatic carbocycles. The molecule has 4 aliphatic heterocycles. The van der Waals surface area contributed by atoms with Crippen LogP contribution in [0.25, 0.3) is 0 Å². The zero-order chi connectivity index (χ0) is 14.3. The lowest BCUT2D eigenvalue weighted by atomic mass is 9.76. The molecule has 0 aromatic rings. The van der Waals surface area contributed by atoms with Gasteiger partial charge >= 0.3 is 0 Å². The Bertz CT molecular complexity index is 353. The van der Waals surface area contributed by atoms with Crippen molar-refractivity contribution in [2.45, 2.75) is 49.2 Å². The van der Waals surface area contributed by atoms with Gasteiger partial charge in [-0.1, -0.05) is 0 Å². The van der Waals surface area contributed by atoms with Gasteiger partial charge in [0.05, 0.1) is 38.1 Å². The largest absolute Gasteiger partial charge is 0.373 e. The van der Waals surface area contributed by atoms with Crippen LogP contribution < -0.4 is 11.1 Å². The molecular weight excluding hydrogens is 270 g/mol. The number of epoxide rings is 3. The highest BCUT2D eigenvalue weighted by Crippen LogP contribution is 2.41. The molecule has 3 N–H and O–H groups in total. The SMILES string of the molecule is NCCN1CCNC(CC2CO2)C1(CC1CO1)CC1CO1. The van der Waals surface area contributed by atoms with Crippen LogP contribution in [0, 0.1) is 0 Å². The van der Waals surface area contributed by atoms with Crippen molar-refractivity contribution in [3.8, 4) is 0 Å². The zero-order valence-corrected chi connectivity index (χ0v) is 12.6. The highest BCUT2D eigenvalue weighted by atomic mass is 16.6. The Labute approximate surface area is 126 Å². The Morgan fingerprint density at radius 1 is 1.05 bits per heavy atom. The van der Waals surface area contributed by atoms with E-state index in [0.29, 0.717) is 30.9 Å². The molecule has 4 atom stereocenters. The highest BCUT2D eigenvalue weighted by molar-refractivity contribution is 5.09. The molecule has 0 aliphatic carbocycles. The number of rotatable bonds is 8. The Morgan fingerprint density at radius 2 is 1.67 bits per heavy atom. The van der Waals surface area contributed by atoms with Crippen LogP contribution in [0.4, 0.5) is 0 Å². The van der Waals surface area contributed by atoms with Crippen LogP contribution in [-0.2, 0) is 14.2 Å². The number of nitrogens with one attached hydrogen (secondary N) is 1. The van der Waals surface area contributed by atoms with Gasteiger partial charge < -0.3 is 25.3 Å². The van der Waals surface area contributed by atoms with Crippen LogP contribution in [0.3, 0.4) is 0 Å². The van der Waals surface area contributed by atoms with E-state index < -0.39 is 0 Å². The molecule has 0 saturated carbocycles. The van der Waals surface area contributed by atoms with Gasteiger partial charge in [0.25, 0.3) is 0 Å². The monoisotopic (exact) mass is 297 g/mol. The van der Waals surface area contributed by atoms with E-state index in [1.807, 2.05) is 0 Å². The summed E-state index contributed by atoms with van der Waals surface area (Å²) in [6.07, 6.45) is 4.58. The van der Waals surface area contributed by atoms with E-state index in [0.717, 1.165) is 58.7 Å². The van der Waals surface area contributed by atoms with Crippen molar-refractivity contribution in [1.82, 2.24) is 10.2 Å². The number of nitrogens with zero attached hydrogens (tertiary/aromatic N) is 1. The summed E-state index contributed by atoms with van der Waals surface area (Å²) in [6, 6.07) is 0.457. The molecule has 0 bridgehead atoms. The molecule has 4 rings (SSSR count). The van der Waals surface area contributed by atoms with Gasteiger partial charge in [-0.2, -0.15) is 0 Å². The average molecular weight is 297 g/mol. The first kappa shape index (κ1) is 14.4. The quantitative estimate of drug-likeness (QED) is 0.578. The fraction of sp³-hybridized carbons (Fsp3) is 1.00. The van der Waals surface area contributed by atoms with Crippen molar-refractivity contribution in [1.29, 1.82) is 0 Å². The van der Waals surface area contributed by atoms with Crippen LogP contribution in [0.1, 0.15) is 19.3 Å². The fourth-order valence-electron chi connectivity index (χ4n) is 4.05. The van der Waals surface area contributed by atoms with E-state index >= 15 is 0 Å². The molecular formula is C15H27N3O3. The van der Waals surface area contributed by atoms with Gasteiger partial charge in [0.1, 0.15) is 0 Å². The number of piperazine rings is 1. The summed E-state index contributed by atoms with van der Waals surface area (Å²) in [5, 5.41) is 3.76. The normalized spacial score (nSPS) is 45.6. The molecule has 120 valence electrons. The smallest absolute Gasteiger partial charge is 0.0828 e. The Kier molecular flexibility index (Phi) is 3.94. The third-order valence-corrected chi connectivity index (χ3v) is 5.32. The van der Waals surface area contributed by atoms with E-state index in [-0.39, 0.29) is 5.54 Å². The molecule has 0 spiro atoms. The molecule has 4 aliphatic rings. The predicted molar refractivity (Wildman–Crippen MR) is 78.2 cm³/mol. The van der Waals surface area contributed by atoms with Crippen LogP contribution >= 0.6 is 0 Å². The van der Waals surface area contributed by atoms with E-state index in [2.05, 4.69) is 10.2 Å². The topological polar surface area (TPSA) is 78.9 Å². The van der Waals surface area contributed by atoms with Gasteiger partial charge in [-0.25, -0.2) is 0 Å². The van der Waals surface area contributed by atoms with Crippen molar-refractivity contribution >= 4 is 0 Å². The van der Waals surface area contributed by atoms with Crippen LogP contribution in [-0.4, -0.2) is 80.8 Å². The summed E-state index contributed by atoms with van der Waals surface area (Å²) in [6.45, 7) is 6.53. The standard InChI is InChI=1S/C15H27N3O3/c16-1-3-18-4-2-17-14(5-11-8-19-11)15(18,6-12-9-20-12)7-13-10-21-13/h11-14,17H,1-10,16H2. The average Bonchev–Trinajstić information content (AvgIpc) is 3.31. The minimum Gasteiger partial charge on any atom is -0.373 e. The van der Waals surface area contributed by atoms with E-state index in [1.54, 1.807) is 0 Å². The first-order valence-corrected chi connectivity index (χ1v) is 8.33. The highest BCUT2D eigenvalue weighted by Gasteiger charge is 2.53. The third kappa shape index (κ3) is 3.25. The lowest BCUT2D eigenvalue weighted by Gasteiger charge is -2.53. The first-order chi connectivity index (χ1) is 10.3. The van der Waals surface area contributed by atoms with Gasteiger partial charge in [-0.3, -0.25) is 4.90 Å². The summed E-state index contributed by atoms with van der Waals surface area (Å²) >= 11 is 0.